The summed E-state index contributed by atoms with van der Waals surface area (Å²) in [4.78, 5) is 11.9. The van der Waals surface area contributed by atoms with E-state index in [4.69, 9.17) is 11.6 Å². The van der Waals surface area contributed by atoms with Crippen molar-refractivity contribution in [1.82, 2.24) is 9.03 Å². The van der Waals surface area contributed by atoms with Gasteiger partial charge in [-0.3, -0.25) is 10.1 Å². The Kier molecular flexibility index (Phi) is 7.17. The summed E-state index contributed by atoms with van der Waals surface area (Å²) in [6.07, 6.45) is 0. The van der Waals surface area contributed by atoms with Crippen LogP contribution in [0.5, 0.6) is 0 Å². The van der Waals surface area contributed by atoms with E-state index in [9.17, 15) is 26.9 Å². The van der Waals surface area contributed by atoms with Crippen LogP contribution in [0.2, 0.25) is 5.02 Å². The molecule has 0 saturated carbocycles. The van der Waals surface area contributed by atoms with E-state index in [0.29, 0.717) is 18.1 Å². The van der Waals surface area contributed by atoms with Gasteiger partial charge in [0.05, 0.1) is 15.6 Å². The smallest absolute Gasteiger partial charge is 0.269 e. The number of rotatable bonds is 8. The fourth-order valence-electron chi connectivity index (χ4n) is 3.16. The number of nitro benzene ring substituents is 1. The molecule has 0 aromatic heterocycles. The van der Waals surface area contributed by atoms with Crippen LogP contribution >= 0.6 is 11.6 Å². The third-order valence-corrected chi connectivity index (χ3v) is 8.40. The molecule has 1 heterocycles. The molecule has 1 aliphatic rings. The summed E-state index contributed by atoms with van der Waals surface area (Å²) in [6, 6.07) is 11.7. The van der Waals surface area contributed by atoms with Gasteiger partial charge in [-0.2, -0.15) is 4.31 Å². The monoisotopic (exact) mass is 488 g/mol. The van der Waals surface area contributed by atoms with Gasteiger partial charge in [-0.15, -0.1) is 0 Å². The molecular weight excluding hydrogens is 468 g/mol. The van der Waals surface area contributed by atoms with Crippen molar-refractivity contribution in [3.63, 3.8) is 0 Å². The lowest BCUT2D eigenvalue weighted by Crippen LogP contribution is -2.50. The lowest BCUT2D eigenvalue weighted by molar-refractivity contribution is -0.384. The first kappa shape index (κ1) is 23.4. The van der Waals surface area contributed by atoms with Gasteiger partial charge in [-0.1, -0.05) is 17.7 Å². The second-order valence-corrected chi connectivity index (χ2v) is 11.1. The molecule has 31 heavy (non-hydrogen) atoms. The number of nitro groups is 1. The number of nitrogens with one attached hydrogen (secondary N) is 1. The van der Waals surface area contributed by atoms with E-state index in [1.807, 2.05) is 23.1 Å². The molecule has 2 aromatic carbocycles. The largest absolute Gasteiger partial charge is 0.369 e. The normalized spacial score (nSPS) is 15.7. The van der Waals surface area contributed by atoms with Crippen LogP contribution in [0.25, 0.3) is 0 Å². The molecule has 1 N–H and O–H groups in total. The van der Waals surface area contributed by atoms with Gasteiger partial charge >= 0.3 is 0 Å². The van der Waals surface area contributed by atoms with Gasteiger partial charge < -0.3 is 4.90 Å². The van der Waals surface area contributed by atoms with Crippen molar-refractivity contribution in [2.45, 2.75) is 4.90 Å². The van der Waals surface area contributed by atoms with Gasteiger partial charge in [0.1, 0.15) is 0 Å². The van der Waals surface area contributed by atoms with E-state index in [1.165, 1.54) is 4.31 Å². The number of halogens is 1. The molecule has 1 aliphatic heterocycles. The number of non-ortho nitro benzene ring substituents is 1. The molecule has 2 aromatic rings. The SMILES string of the molecule is O=[N+]([O-])c1ccc(S(=O)(=O)NCCS(=O)(=O)N2CCN(c3cccc(Cl)c3)CC2)cc1. The maximum Gasteiger partial charge on any atom is 0.269 e. The molecule has 168 valence electrons. The van der Waals surface area contributed by atoms with Crippen LogP contribution in [0, 0.1) is 10.1 Å². The predicted octanol–water partition coefficient (Wildman–Crippen LogP) is 1.68. The molecule has 0 aliphatic carbocycles. The number of sulfonamides is 2. The Morgan fingerprint density at radius 1 is 1.00 bits per heavy atom. The van der Waals surface area contributed by atoms with E-state index < -0.39 is 30.7 Å². The summed E-state index contributed by atoms with van der Waals surface area (Å²) >= 11 is 6.01. The van der Waals surface area contributed by atoms with Gasteiger partial charge in [-0.25, -0.2) is 21.6 Å². The molecule has 0 atom stereocenters. The van der Waals surface area contributed by atoms with Gasteiger partial charge in [0.2, 0.25) is 20.0 Å². The Balaban J connectivity index is 1.53. The molecular formula is C18H21ClN4O6S2. The van der Waals surface area contributed by atoms with Crippen molar-refractivity contribution in [2.24, 2.45) is 0 Å². The number of piperazine rings is 1. The van der Waals surface area contributed by atoms with Gasteiger partial charge in [0.25, 0.3) is 5.69 Å². The molecule has 0 radical (unpaired) electrons. The second kappa shape index (κ2) is 9.49. The van der Waals surface area contributed by atoms with Gasteiger partial charge in [-0.05, 0) is 30.3 Å². The highest BCUT2D eigenvalue weighted by Crippen LogP contribution is 2.21. The minimum absolute atomic E-state index is 0.175. The van der Waals surface area contributed by atoms with Crippen LogP contribution in [0.1, 0.15) is 0 Å². The molecule has 13 heteroatoms. The predicted molar refractivity (Wildman–Crippen MR) is 117 cm³/mol. The maximum absolute atomic E-state index is 12.6. The number of anilines is 1. The van der Waals surface area contributed by atoms with Crippen molar-refractivity contribution in [3.8, 4) is 0 Å². The minimum Gasteiger partial charge on any atom is -0.369 e. The maximum atomic E-state index is 12.6. The van der Waals surface area contributed by atoms with E-state index in [2.05, 4.69) is 4.72 Å². The second-order valence-electron chi connectivity index (χ2n) is 6.83. The molecule has 10 nitrogen and oxygen atoms in total. The third kappa shape index (κ3) is 5.92. The van der Waals surface area contributed by atoms with E-state index in [-0.39, 0.29) is 30.2 Å². The van der Waals surface area contributed by atoms with E-state index in [0.717, 1.165) is 30.0 Å². The summed E-state index contributed by atoms with van der Waals surface area (Å²) in [7, 11) is -7.64. The van der Waals surface area contributed by atoms with E-state index in [1.54, 1.807) is 6.07 Å². The summed E-state index contributed by atoms with van der Waals surface area (Å²) < 4.78 is 53.4. The average molecular weight is 489 g/mol. The summed E-state index contributed by atoms with van der Waals surface area (Å²) in [5, 5.41) is 11.3. The number of hydrogen-bond acceptors (Lipinski definition) is 7. The van der Waals surface area contributed by atoms with Crippen LogP contribution in [0.3, 0.4) is 0 Å². The quantitative estimate of drug-likeness (QED) is 0.442. The Hall–Kier alpha value is -2.25. The van der Waals surface area contributed by atoms with Gasteiger partial charge in [0, 0.05) is 55.6 Å². The van der Waals surface area contributed by atoms with Crippen LogP contribution in [-0.4, -0.2) is 64.5 Å². The summed E-state index contributed by atoms with van der Waals surface area (Å²) in [6.45, 7) is 1.24. The van der Waals surface area contributed by atoms with E-state index >= 15 is 0 Å². The minimum atomic E-state index is -3.98. The fraction of sp³-hybridized carbons (Fsp3) is 0.333. The van der Waals surface area contributed by atoms with Crippen molar-refractivity contribution in [3.05, 3.63) is 63.7 Å². The highest BCUT2D eigenvalue weighted by Gasteiger charge is 2.27. The Morgan fingerprint density at radius 2 is 1.65 bits per heavy atom. The molecule has 0 unspecified atom stereocenters. The number of nitrogens with zero attached hydrogens (tertiary/aromatic N) is 3. The first-order valence-corrected chi connectivity index (χ1v) is 12.8. The lowest BCUT2D eigenvalue weighted by atomic mass is 10.2. The zero-order valence-electron chi connectivity index (χ0n) is 16.3. The Morgan fingerprint density at radius 3 is 2.23 bits per heavy atom. The number of hydrogen-bond donors (Lipinski definition) is 1. The average Bonchev–Trinajstić information content (AvgIpc) is 2.73. The molecule has 0 amide bonds. The third-order valence-electron chi connectivity index (χ3n) is 4.82. The first-order chi connectivity index (χ1) is 14.6. The first-order valence-electron chi connectivity index (χ1n) is 9.31. The zero-order chi connectivity index (χ0) is 22.6. The van der Waals surface area contributed by atoms with Crippen molar-refractivity contribution < 1.29 is 21.8 Å². The van der Waals surface area contributed by atoms with Gasteiger partial charge in [0.15, 0.2) is 0 Å². The fourth-order valence-corrected chi connectivity index (χ4v) is 5.85. The summed E-state index contributed by atoms with van der Waals surface area (Å²) in [5.74, 6) is -0.392. The zero-order valence-corrected chi connectivity index (χ0v) is 18.7. The summed E-state index contributed by atoms with van der Waals surface area (Å²) in [5.41, 5.74) is 0.679. The Labute approximate surface area is 185 Å². The lowest BCUT2D eigenvalue weighted by Gasteiger charge is -2.35. The molecule has 1 fully saturated rings. The van der Waals surface area contributed by atoms with Crippen LogP contribution in [-0.2, 0) is 20.0 Å². The van der Waals surface area contributed by atoms with Crippen LogP contribution < -0.4 is 9.62 Å². The van der Waals surface area contributed by atoms with Crippen molar-refractivity contribution >= 4 is 43.0 Å². The molecule has 0 bridgehead atoms. The highest BCUT2D eigenvalue weighted by molar-refractivity contribution is 7.90. The topological polar surface area (TPSA) is 130 Å². The van der Waals surface area contributed by atoms with Crippen molar-refractivity contribution in [1.29, 1.82) is 0 Å². The highest BCUT2D eigenvalue weighted by atomic mass is 35.5. The molecule has 1 saturated heterocycles. The standard InChI is InChI=1S/C18H21ClN4O6S2/c19-15-2-1-3-17(14-15)21-9-11-22(12-10-21)30(26,27)13-8-20-31(28,29)18-6-4-16(5-7-18)23(24)25/h1-7,14,20H,8-13H2. The number of benzene rings is 2. The van der Waals surface area contributed by atoms with Crippen LogP contribution in [0.4, 0.5) is 11.4 Å². The van der Waals surface area contributed by atoms with Crippen molar-refractivity contribution in [2.75, 3.05) is 43.4 Å². The molecule has 3 rings (SSSR count). The van der Waals surface area contributed by atoms with Crippen LogP contribution in [0.15, 0.2) is 53.4 Å². The Bertz CT molecular complexity index is 1150. The molecule has 0 spiro atoms.